The zero-order chi connectivity index (χ0) is 15.3. The van der Waals surface area contributed by atoms with Crippen molar-refractivity contribution in [3.05, 3.63) is 17.5 Å². The van der Waals surface area contributed by atoms with Gasteiger partial charge in [-0.15, -0.1) is 0 Å². The SMILES string of the molecule is CCc1nn(C)cc1C(=O)NC(CC(C)C)C(=O)OC. The minimum Gasteiger partial charge on any atom is -0.467 e. The van der Waals surface area contributed by atoms with E-state index >= 15 is 0 Å². The first-order chi connectivity index (χ1) is 9.38. The van der Waals surface area contributed by atoms with Gasteiger partial charge in [-0.1, -0.05) is 20.8 Å². The van der Waals surface area contributed by atoms with E-state index in [1.807, 2.05) is 20.8 Å². The van der Waals surface area contributed by atoms with Crippen LogP contribution >= 0.6 is 0 Å². The van der Waals surface area contributed by atoms with Gasteiger partial charge < -0.3 is 10.1 Å². The minimum absolute atomic E-state index is 0.277. The van der Waals surface area contributed by atoms with Crippen LogP contribution in [0.25, 0.3) is 0 Å². The van der Waals surface area contributed by atoms with E-state index < -0.39 is 12.0 Å². The van der Waals surface area contributed by atoms with Gasteiger partial charge in [0.15, 0.2) is 0 Å². The topological polar surface area (TPSA) is 73.2 Å². The standard InChI is InChI=1S/C14H23N3O3/c1-6-11-10(8-17(4)16-11)13(18)15-12(7-9(2)3)14(19)20-5/h8-9,12H,6-7H2,1-5H3,(H,15,18). The van der Waals surface area contributed by atoms with Gasteiger partial charge in [-0.3, -0.25) is 9.48 Å². The van der Waals surface area contributed by atoms with Crippen molar-refractivity contribution in [2.24, 2.45) is 13.0 Å². The smallest absolute Gasteiger partial charge is 0.328 e. The predicted molar refractivity (Wildman–Crippen MR) is 75.3 cm³/mol. The van der Waals surface area contributed by atoms with Crippen molar-refractivity contribution in [1.82, 2.24) is 15.1 Å². The van der Waals surface area contributed by atoms with Gasteiger partial charge in [-0.2, -0.15) is 5.10 Å². The Hall–Kier alpha value is -1.85. The molecule has 1 aromatic heterocycles. The summed E-state index contributed by atoms with van der Waals surface area (Å²) in [6.07, 6.45) is 2.87. The fraction of sp³-hybridized carbons (Fsp3) is 0.643. The van der Waals surface area contributed by atoms with Crippen LogP contribution in [-0.2, 0) is 23.0 Å². The molecule has 1 atom stereocenters. The van der Waals surface area contributed by atoms with Crippen molar-refractivity contribution in [3.63, 3.8) is 0 Å². The Kier molecular flexibility index (Phi) is 5.73. The van der Waals surface area contributed by atoms with E-state index in [-0.39, 0.29) is 11.8 Å². The molecule has 0 bridgehead atoms. The highest BCUT2D eigenvalue weighted by Gasteiger charge is 2.24. The average molecular weight is 281 g/mol. The molecule has 6 nitrogen and oxygen atoms in total. The lowest BCUT2D eigenvalue weighted by atomic mass is 10.0. The molecule has 20 heavy (non-hydrogen) atoms. The van der Waals surface area contributed by atoms with Gasteiger partial charge in [0.25, 0.3) is 5.91 Å². The summed E-state index contributed by atoms with van der Waals surface area (Å²) in [5, 5.41) is 6.96. The molecule has 0 spiro atoms. The number of methoxy groups -OCH3 is 1. The summed E-state index contributed by atoms with van der Waals surface area (Å²) in [5.74, 6) is -0.432. The Morgan fingerprint density at radius 1 is 1.45 bits per heavy atom. The third-order valence-corrected chi connectivity index (χ3v) is 2.98. The van der Waals surface area contributed by atoms with Crippen molar-refractivity contribution in [2.75, 3.05) is 7.11 Å². The second kappa shape index (κ2) is 7.07. The zero-order valence-corrected chi connectivity index (χ0v) is 12.8. The molecule has 112 valence electrons. The van der Waals surface area contributed by atoms with E-state index in [2.05, 4.69) is 10.4 Å². The van der Waals surface area contributed by atoms with Crippen LogP contribution in [0.3, 0.4) is 0 Å². The van der Waals surface area contributed by atoms with Crippen LogP contribution < -0.4 is 5.32 Å². The zero-order valence-electron chi connectivity index (χ0n) is 12.8. The molecular weight excluding hydrogens is 258 g/mol. The quantitative estimate of drug-likeness (QED) is 0.798. The first kappa shape index (κ1) is 16.2. The molecule has 6 heteroatoms. The lowest BCUT2D eigenvalue weighted by molar-refractivity contribution is -0.143. The average Bonchev–Trinajstić information content (AvgIpc) is 2.77. The van der Waals surface area contributed by atoms with E-state index in [1.54, 1.807) is 17.9 Å². The number of nitrogens with zero attached hydrogens (tertiary/aromatic N) is 2. The first-order valence-corrected chi connectivity index (χ1v) is 6.80. The van der Waals surface area contributed by atoms with Gasteiger partial charge >= 0.3 is 5.97 Å². The van der Waals surface area contributed by atoms with Crippen molar-refractivity contribution in [2.45, 2.75) is 39.7 Å². The van der Waals surface area contributed by atoms with Gasteiger partial charge in [0, 0.05) is 13.2 Å². The Labute approximate surface area is 119 Å². The Morgan fingerprint density at radius 3 is 2.60 bits per heavy atom. The summed E-state index contributed by atoms with van der Waals surface area (Å²) >= 11 is 0. The molecule has 0 aliphatic rings. The summed E-state index contributed by atoms with van der Waals surface area (Å²) in [6, 6.07) is -0.627. The van der Waals surface area contributed by atoms with Gasteiger partial charge in [-0.05, 0) is 18.8 Å². The van der Waals surface area contributed by atoms with Crippen molar-refractivity contribution in [3.8, 4) is 0 Å². The highest BCUT2D eigenvalue weighted by molar-refractivity contribution is 5.97. The number of aryl methyl sites for hydroxylation is 2. The number of carbonyl (C=O) groups excluding carboxylic acids is 2. The second-order valence-electron chi connectivity index (χ2n) is 5.20. The lowest BCUT2D eigenvalue weighted by Crippen LogP contribution is -2.42. The Balaban J connectivity index is 2.87. The third-order valence-electron chi connectivity index (χ3n) is 2.98. The molecule has 0 aliphatic heterocycles. The van der Waals surface area contributed by atoms with Crippen LogP contribution in [0.2, 0.25) is 0 Å². The largest absolute Gasteiger partial charge is 0.467 e. The molecule has 0 aliphatic carbocycles. The molecule has 1 heterocycles. The summed E-state index contributed by atoms with van der Waals surface area (Å²) in [5.41, 5.74) is 1.23. The van der Waals surface area contributed by atoms with Gasteiger partial charge in [0.2, 0.25) is 0 Å². The van der Waals surface area contributed by atoms with Crippen LogP contribution in [-0.4, -0.2) is 34.8 Å². The maximum absolute atomic E-state index is 12.3. The molecule has 1 aromatic rings. The van der Waals surface area contributed by atoms with Crippen LogP contribution in [0, 0.1) is 5.92 Å². The summed E-state index contributed by atoms with van der Waals surface area (Å²) in [7, 11) is 3.09. The molecule has 1 amide bonds. The molecule has 0 aromatic carbocycles. The molecule has 0 fully saturated rings. The number of nitrogens with one attached hydrogen (secondary N) is 1. The molecule has 0 saturated carbocycles. The number of hydrogen-bond donors (Lipinski definition) is 1. The first-order valence-electron chi connectivity index (χ1n) is 6.80. The second-order valence-corrected chi connectivity index (χ2v) is 5.20. The van der Waals surface area contributed by atoms with E-state index in [9.17, 15) is 9.59 Å². The third kappa shape index (κ3) is 4.08. The van der Waals surface area contributed by atoms with Crippen LogP contribution in [0.4, 0.5) is 0 Å². The number of amides is 1. The Morgan fingerprint density at radius 2 is 2.10 bits per heavy atom. The number of esters is 1. The highest BCUT2D eigenvalue weighted by atomic mass is 16.5. The predicted octanol–water partition coefficient (Wildman–Crippen LogP) is 1.30. The number of rotatable bonds is 6. The summed E-state index contributed by atoms with van der Waals surface area (Å²) in [4.78, 5) is 24.0. The molecule has 0 saturated heterocycles. The van der Waals surface area contributed by atoms with E-state index in [0.29, 0.717) is 18.4 Å². The van der Waals surface area contributed by atoms with Crippen molar-refractivity contribution >= 4 is 11.9 Å². The minimum atomic E-state index is -0.627. The molecule has 0 radical (unpaired) electrons. The molecular formula is C14H23N3O3. The van der Waals surface area contributed by atoms with E-state index in [4.69, 9.17) is 4.74 Å². The number of hydrogen-bond acceptors (Lipinski definition) is 4. The van der Waals surface area contributed by atoms with Crippen LogP contribution in [0.1, 0.15) is 43.2 Å². The molecule has 1 unspecified atom stereocenters. The molecule has 1 N–H and O–H groups in total. The monoisotopic (exact) mass is 281 g/mol. The number of ether oxygens (including phenoxy) is 1. The van der Waals surface area contributed by atoms with Crippen LogP contribution in [0.15, 0.2) is 6.20 Å². The highest BCUT2D eigenvalue weighted by Crippen LogP contribution is 2.10. The van der Waals surface area contributed by atoms with Gasteiger partial charge in [-0.25, -0.2) is 4.79 Å². The fourth-order valence-corrected chi connectivity index (χ4v) is 2.05. The summed E-state index contributed by atoms with van der Waals surface area (Å²) < 4.78 is 6.34. The maximum atomic E-state index is 12.3. The normalized spacial score (nSPS) is 12.3. The van der Waals surface area contributed by atoms with Crippen molar-refractivity contribution in [1.29, 1.82) is 0 Å². The lowest BCUT2D eigenvalue weighted by Gasteiger charge is -2.18. The van der Waals surface area contributed by atoms with Crippen molar-refractivity contribution < 1.29 is 14.3 Å². The summed E-state index contributed by atoms with van der Waals surface area (Å²) in [6.45, 7) is 5.91. The fourth-order valence-electron chi connectivity index (χ4n) is 2.05. The van der Waals surface area contributed by atoms with E-state index in [1.165, 1.54) is 7.11 Å². The van der Waals surface area contributed by atoms with E-state index in [0.717, 1.165) is 5.69 Å². The number of aromatic nitrogens is 2. The maximum Gasteiger partial charge on any atom is 0.328 e. The van der Waals surface area contributed by atoms with Crippen LogP contribution in [0.5, 0.6) is 0 Å². The Bertz CT molecular complexity index is 480. The molecule has 1 rings (SSSR count). The van der Waals surface area contributed by atoms with Gasteiger partial charge in [0.05, 0.1) is 18.4 Å². The number of carbonyl (C=O) groups is 2. The van der Waals surface area contributed by atoms with Gasteiger partial charge in [0.1, 0.15) is 6.04 Å².